The number of aliphatic imine (C=N–C) groups is 1. The molecule has 2 aromatic rings. The molecule has 1 unspecified atom stereocenters. The van der Waals surface area contributed by atoms with Gasteiger partial charge in [-0.1, -0.05) is 0 Å². The van der Waals surface area contributed by atoms with E-state index in [-0.39, 0.29) is 57.1 Å². The molecule has 0 amide bonds. The summed E-state index contributed by atoms with van der Waals surface area (Å²) in [5.74, 6) is -0.260. The van der Waals surface area contributed by atoms with Crippen molar-refractivity contribution < 1.29 is 15.0 Å². The molecule has 8 heteroatoms. The number of nitrogens with zero attached hydrogens (tertiary/aromatic N) is 2. The first-order valence-electron chi connectivity index (χ1n) is 5.17. The van der Waals surface area contributed by atoms with E-state index in [0.29, 0.717) is 15.8 Å². The number of hydrogen-bond acceptors (Lipinski definition) is 6. The van der Waals surface area contributed by atoms with Gasteiger partial charge in [0.15, 0.2) is 6.04 Å². The molecule has 0 fully saturated rings. The zero-order valence-corrected chi connectivity index (χ0v) is 10.7. The Labute approximate surface area is 159 Å². The Balaban J connectivity index is 0.00000133. The fraction of sp³-hybridized carbons (Fsp3) is 0.182. The molecule has 1 aliphatic heterocycles. The van der Waals surface area contributed by atoms with Crippen LogP contribution in [0.2, 0.25) is 0 Å². The summed E-state index contributed by atoms with van der Waals surface area (Å²) in [5.41, 5.74) is 0.787. The maximum atomic E-state index is 10.8. The molecule has 0 aliphatic carbocycles. The van der Waals surface area contributed by atoms with Gasteiger partial charge in [-0.15, -0.1) is 23.1 Å². The minimum atomic E-state index is -0.906. The van der Waals surface area contributed by atoms with Crippen LogP contribution < -0.4 is 0 Å². The molecule has 3 rings (SSSR count). The Morgan fingerprint density at radius 1 is 1.42 bits per heavy atom. The maximum absolute atomic E-state index is 10.8. The predicted octanol–water partition coefficient (Wildman–Crippen LogP) is 1.30. The van der Waals surface area contributed by atoms with E-state index in [2.05, 4.69) is 9.98 Å². The van der Waals surface area contributed by atoms with Gasteiger partial charge in [0.1, 0.15) is 15.8 Å². The Kier molecular flexibility index (Phi) is 5.04. The molecule has 2 heterocycles. The van der Waals surface area contributed by atoms with Gasteiger partial charge in [0.25, 0.3) is 0 Å². The van der Waals surface area contributed by atoms with Crippen LogP contribution in [-0.4, -0.2) is 89.4 Å². The van der Waals surface area contributed by atoms with E-state index in [1.165, 1.54) is 23.1 Å². The van der Waals surface area contributed by atoms with Crippen LogP contribution in [0, 0.1) is 0 Å². The van der Waals surface area contributed by atoms with Crippen LogP contribution in [0.15, 0.2) is 23.2 Å². The third-order valence-corrected chi connectivity index (χ3v) is 4.70. The normalized spacial score (nSPS) is 18.1. The number of phenols is 1. The summed E-state index contributed by atoms with van der Waals surface area (Å²) in [4.78, 5) is 19.4. The van der Waals surface area contributed by atoms with Crippen LogP contribution in [0.4, 0.5) is 0 Å². The summed E-state index contributed by atoms with van der Waals surface area (Å²) < 4.78 is 0.868. The van der Waals surface area contributed by atoms with Crippen molar-refractivity contribution >= 4 is 95.7 Å². The van der Waals surface area contributed by atoms with Crippen LogP contribution in [-0.2, 0) is 4.79 Å². The van der Waals surface area contributed by atoms with E-state index in [4.69, 9.17) is 5.11 Å². The number of thiazole rings is 1. The summed E-state index contributed by atoms with van der Waals surface area (Å²) in [6, 6.07) is 4.28. The van der Waals surface area contributed by atoms with Gasteiger partial charge in [0.05, 0.1) is 10.2 Å². The SMILES string of the molecule is O=C(O)C1CSC(c2nc3ccc(O)cc3s2)=N1.[KH]. The number of phenolic OH excluding ortho intramolecular Hbond substituents is 1. The standard InChI is InChI=1S/C11H8N2O3S2.K.H/c14-5-1-2-6-8(3-5)18-10(12-6)9-13-7(4-17-9)11(15)16;;/h1-3,7,14H,4H2,(H,15,16);;. The number of hydrogen-bond donors (Lipinski definition) is 2. The molecular formula is C11H9KN2O3S2. The minimum absolute atomic E-state index is 0. The van der Waals surface area contributed by atoms with Gasteiger partial charge in [-0.25, -0.2) is 9.78 Å². The van der Waals surface area contributed by atoms with Gasteiger partial charge in [-0.05, 0) is 18.2 Å². The Bertz CT molecular complexity index is 671. The number of fused-ring (bicyclic) bond motifs is 1. The first kappa shape index (κ1) is 15.4. The van der Waals surface area contributed by atoms with Crippen LogP contribution >= 0.6 is 23.1 Å². The van der Waals surface area contributed by atoms with Gasteiger partial charge in [-0.2, -0.15) is 0 Å². The van der Waals surface area contributed by atoms with E-state index in [9.17, 15) is 9.90 Å². The van der Waals surface area contributed by atoms with Crippen LogP contribution in [0.5, 0.6) is 5.75 Å². The van der Waals surface area contributed by atoms with Crippen molar-refractivity contribution in [3.8, 4) is 5.75 Å². The summed E-state index contributed by atoms with van der Waals surface area (Å²) in [7, 11) is 0. The van der Waals surface area contributed by atoms with E-state index in [0.717, 1.165) is 10.2 Å². The molecule has 0 radical (unpaired) electrons. The summed E-state index contributed by atoms with van der Waals surface area (Å²) in [6.07, 6.45) is 0. The quantitative estimate of drug-likeness (QED) is 0.815. The van der Waals surface area contributed by atoms with Gasteiger partial charge < -0.3 is 10.2 Å². The Morgan fingerprint density at radius 2 is 2.21 bits per heavy atom. The van der Waals surface area contributed by atoms with Crippen molar-refractivity contribution in [3.05, 3.63) is 23.2 Å². The topological polar surface area (TPSA) is 82.8 Å². The molecule has 94 valence electrons. The van der Waals surface area contributed by atoms with Crippen molar-refractivity contribution in [2.45, 2.75) is 6.04 Å². The molecule has 1 aliphatic rings. The zero-order valence-electron chi connectivity index (χ0n) is 9.03. The van der Waals surface area contributed by atoms with E-state index >= 15 is 0 Å². The number of carboxylic acid groups (broad SMARTS) is 1. The van der Waals surface area contributed by atoms with Crippen molar-refractivity contribution in [3.63, 3.8) is 0 Å². The number of aromatic hydroxyl groups is 1. The average molecular weight is 320 g/mol. The number of carboxylic acids is 1. The number of benzene rings is 1. The number of aromatic nitrogens is 1. The van der Waals surface area contributed by atoms with Crippen molar-refractivity contribution in [1.29, 1.82) is 0 Å². The first-order chi connectivity index (χ1) is 8.63. The van der Waals surface area contributed by atoms with E-state index in [1.807, 2.05) is 0 Å². The van der Waals surface area contributed by atoms with Gasteiger partial charge in [-0.3, -0.25) is 4.99 Å². The monoisotopic (exact) mass is 320 g/mol. The molecule has 0 saturated heterocycles. The molecule has 1 aromatic carbocycles. The Morgan fingerprint density at radius 3 is 2.89 bits per heavy atom. The van der Waals surface area contributed by atoms with E-state index < -0.39 is 12.0 Å². The fourth-order valence-electron chi connectivity index (χ4n) is 1.62. The molecule has 19 heavy (non-hydrogen) atoms. The van der Waals surface area contributed by atoms with Crippen molar-refractivity contribution in [1.82, 2.24) is 4.98 Å². The predicted molar refractivity (Wildman–Crippen MR) is 78.9 cm³/mol. The fourth-order valence-corrected chi connectivity index (χ4v) is 3.72. The molecular weight excluding hydrogens is 311 g/mol. The first-order valence-corrected chi connectivity index (χ1v) is 6.97. The molecule has 5 nitrogen and oxygen atoms in total. The molecule has 0 saturated carbocycles. The molecule has 2 N–H and O–H groups in total. The third-order valence-electron chi connectivity index (χ3n) is 2.49. The average Bonchev–Trinajstić information content (AvgIpc) is 2.93. The summed E-state index contributed by atoms with van der Waals surface area (Å²) in [6.45, 7) is 0. The second-order valence-electron chi connectivity index (χ2n) is 3.77. The second kappa shape index (κ2) is 6.21. The number of aliphatic carboxylic acids is 1. The van der Waals surface area contributed by atoms with Crippen LogP contribution in [0.1, 0.15) is 5.01 Å². The van der Waals surface area contributed by atoms with Gasteiger partial charge in [0.2, 0.25) is 0 Å². The number of carbonyl (C=O) groups is 1. The van der Waals surface area contributed by atoms with Crippen LogP contribution in [0.3, 0.4) is 0 Å². The van der Waals surface area contributed by atoms with Gasteiger partial charge in [0, 0.05) is 5.75 Å². The zero-order chi connectivity index (χ0) is 12.7. The number of rotatable bonds is 2. The molecule has 0 bridgehead atoms. The second-order valence-corrected chi connectivity index (χ2v) is 5.81. The number of thioether (sulfide) groups is 1. The molecule has 1 aromatic heterocycles. The molecule has 1 atom stereocenters. The van der Waals surface area contributed by atoms with E-state index in [1.54, 1.807) is 18.2 Å². The summed E-state index contributed by atoms with van der Waals surface area (Å²) in [5, 5.41) is 19.7. The summed E-state index contributed by atoms with van der Waals surface area (Å²) >= 11 is 2.81. The molecule has 0 spiro atoms. The van der Waals surface area contributed by atoms with Gasteiger partial charge >= 0.3 is 57.4 Å². The van der Waals surface area contributed by atoms with Crippen molar-refractivity contribution in [2.75, 3.05) is 5.75 Å². The third kappa shape index (κ3) is 3.21. The Hall–Kier alpha value is 0.0364. The van der Waals surface area contributed by atoms with Crippen LogP contribution in [0.25, 0.3) is 10.2 Å². The van der Waals surface area contributed by atoms with Crippen molar-refractivity contribution in [2.24, 2.45) is 4.99 Å².